The number of benzene rings is 1. The molecule has 0 fully saturated rings. The zero-order valence-electron chi connectivity index (χ0n) is 13.3. The Morgan fingerprint density at radius 3 is 2.67 bits per heavy atom. The highest BCUT2D eigenvalue weighted by Crippen LogP contribution is 2.27. The summed E-state index contributed by atoms with van der Waals surface area (Å²) in [6.45, 7) is 5.07. The van der Waals surface area contributed by atoms with Gasteiger partial charge in [-0.15, -0.1) is 0 Å². The molecule has 0 radical (unpaired) electrons. The lowest BCUT2D eigenvalue weighted by Gasteiger charge is -2.27. The number of carbonyl (C=O) groups is 1. The SMILES string of the molecule is CCNC(C)(CCCN(C)c1ccccc1OC)C(=O)O. The van der Waals surface area contributed by atoms with Crippen LogP contribution >= 0.6 is 0 Å². The van der Waals surface area contributed by atoms with Crippen LogP contribution in [0.1, 0.15) is 26.7 Å². The summed E-state index contributed by atoms with van der Waals surface area (Å²) in [5, 5.41) is 12.4. The second kappa shape index (κ2) is 7.88. The zero-order chi connectivity index (χ0) is 15.9. The number of rotatable bonds is 9. The summed E-state index contributed by atoms with van der Waals surface area (Å²) < 4.78 is 5.34. The average molecular weight is 294 g/mol. The van der Waals surface area contributed by atoms with Gasteiger partial charge in [-0.05, 0) is 38.4 Å². The van der Waals surface area contributed by atoms with E-state index in [-0.39, 0.29) is 0 Å². The van der Waals surface area contributed by atoms with E-state index in [1.54, 1.807) is 14.0 Å². The molecule has 0 aromatic heterocycles. The number of methoxy groups -OCH3 is 1. The van der Waals surface area contributed by atoms with Crippen LogP contribution in [0.2, 0.25) is 0 Å². The van der Waals surface area contributed by atoms with Crippen LogP contribution in [0.25, 0.3) is 0 Å². The molecule has 0 heterocycles. The van der Waals surface area contributed by atoms with Gasteiger partial charge in [0.15, 0.2) is 0 Å². The van der Waals surface area contributed by atoms with Gasteiger partial charge < -0.3 is 20.1 Å². The fourth-order valence-corrected chi connectivity index (χ4v) is 2.40. The Balaban J connectivity index is 2.60. The normalized spacial score (nSPS) is 13.5. The van der Waals surface area contributed by atoms with E-state index in [0.717, 1.165) is 24.4 Å². The number of hydrogen-bond donors (Lipinski definition) is 2. The standard InChI is InChI=1S/C16H26N2O3/c1-5-17-16(2,15(19)20)11-8-12-18(3)13-9-6-7-10-14(13)21-4/h6-7,9-10,17H,5,8,11-12H2,1-4H3,(H,19,20). The molecule has 1 aromatic carbocycles. The maximum Gasteiger partial charge on any atom is 0.323 e. The van der Waals surface area contributed by atoms with Crippen molar-refractivity contribution in [1.29, 1.82) is 0 Å². The molecule has 118 valence electrons. The van der Waals surface area contributed by atoms with Crippen molar-refractivity contribution in [2.45, 2.75) is 32.2 Å². The number of anilines is 1. The van der Waals surface area contributed by atoms with Crippen LogP contribution in [0.15, 0.2) is 24.3 Å². The summed E-state index contributed by atoms with van der Waals surface area (Å²) in [5.41, 5.74) is 0.150. The van der Waals surface area contributed by atoms with E-state index in [1.165, 1.54) is 0 Å². The Labute approximate surface area is 126 Å². The molecule has 0 aliphatic rings. The minimum absolute atomic E-state index is 0.579. The van der Waals surface area contributed by atoms with Gasteiger partial charge in [0.25, 0.3) is 0 Å². The highest BCUT2D eigenvalue weighted by atomic mass is 16.5. The number of hydrogen-bond acceptors (Lipinski definition) is 4. The summed E-state index contributed by atoms with van der Waals surface area (Å²) in [4.78, 5) is 13.5. The van der Waals surface area contributed by atoms with Crippen molar-refractivity contribution in [1.82, 2.24) is 5.32 Å². The largest absolute Gasteiger partial charge is 0.495 e. The van der Waals surface area contributed by atoms with E-state index in [4.69, 9.17) is 4.74 Å². The molecule has 21 heavy (non-hydrogen) atoms. The smallest absolute Gasteiger partial charge is 0.323 e. The third-order valence-electron chi connectivity index (χ3n) is 3.71. The van der Waals surface area contributed by atoms with Crippen molar-refractivity contribution in [3.8, 4) is 5.75 Å². The Morgan fingerprint density at radius 1 is 1.43 bits per heavy atom. The van der Waals surface area contributed by atoms with E-state index in [9.17, 15) is 9.90 Å². The first-order valence-corrected chi connectivity index (χ1v) is 7.27. The van der Waals surface area contributed by atoms with E-state index >= 15 is 0 Å². The van der Waals surface area contributed by atoms with Crippen molar-refractivity contribution in [3.05, 3.63) is 24.3 Å². The molecule has 0 amide bonds. The van der Waals surface area contributed by atoms with Gasteiger partial charge in [-0.25, -0.2) is 0 Å². The molecule has 0 saturated heterocycles. The second-order valence-electron chi connectivity index (χ2n) is 5.36. The molecule has 0 aliphatic heterocycles. The lowest BCUT2D eigenvalue weighted by molar-refractivity contribution is -0.144. The zero-order valence-corrected chi connectivity index (χ0v) is 13.3. The van der Waals surface area contributed by atoms with Crippen LogP contribution in [0.4, 0.5) is 5.69 Å². The predicted octanol–water partition coefficient (Wildman–Crippen LogP) is 2.36. The fourth-order valence-electron chi connectivity index (χ4n) is 2.40. The molecule has 1 aromatic rings. The van der Waals surface area contributed by atoms with Gasteiger partial charge >= 0.3 is 5.97 Å². The van der Waals surface area contributed by atoms with Crippen LogP contribution in [0.3, 0.4) is 0 Å². The minimum atomic E-state index is -0.865. The van der Waals surface area contributed by atoms with Gasteiger partial charge in [0.05, 0.1) is 12.8 Å². The topological polar surface area (TPSA) is 61.8 Å². The van der Waals surface area contributed by atoms with Gasteiger partial charge in [-0.1, -0.05) is 19.1 Å². The maximum atomic E-state index is 11.4. The van der Waals surface area contributed by atoms with Crippen molar-refractivity contribution in [2.24, 2.45) is 0 Å². The Bertz CT molecular complexity index is 465. The lowest BCUT2D eigenvalue weighted by atomic mass is 9.95. The maximum absolute atomic E-state index is 11.4. The summed E-state index contributed by atoms with van der Waals surface area (Å²) in [5.74, 6) is 0.0250. The second-order valence-corrected chi connectivity index (χ2v) is 5.36. The number of para-hydroxylation sites is 2. The molecule has 0 saturated carbocycles. The molecule has 1 atom stereocenters. The number of carboxylic acid groups (broad SMARTS) is 1. The molecule has 2 N–H and O–H groups in total. The molecule has 5 heteroatoms. The molecular weight excluding hydrogens is 268 g/mol. The Hall–Kier alpha value is -1.75. The quantitative estimate of drug-likeness (QED) is 0.732. The van der Waals surface area contributed by atoms with E-state index < -0.39 is 11.5 Å². The third kappa shape index (κ3) is 4.63. The van der Waals surface area contributed by atoms with Crippen LogP contribution in [0.5, 0.6) is 5.75 Å². The van der Waals surface area contributed by atoms with E-state index in [2.05, 4.69) is 10.2 Å². The number of carboxylic acids is 1. The van der Waals surface area contributed by atoms with Gasteiger partial charge in [0, 0.05) is 13.6 Å². The predicted molar refractivity (Wildman–Crippen MR) is 85.2 cm³/mol. The van der Waals surface area contributed by atoms with Gasteiger partial charge in [-0.2, -0.15) is 0 Å². The lowest BCUT2D eigenvalue weighted by Crippen LogP contribution is -2.49. The summed E-state index contributed by atoms with van der Waals surface area (Å²) in [7, 11) is 3.64. The molecular formula is C16H26N2O3. The number of nitrogens with one attached hydrogen (secondary N) is 1. The van der Waals surface area contributed by atoms with Gasteiger partial charge in [0.2, 0.25) is 0 Å². The first-order chi connectivity index (χ1) is 9.94. The third-order valence-corrected chi connectivity index (χ3v) is 3.71. The molecule has 0 spiro atoms. The number of aliphatic carboxylic acids is 1. The first kappa shape index (κ1) is 17.3. The molecule has 0 bridgehead atoms. The van der Waals surface area contributed by atoms with E-state index in [0.29, 0.717) is 13.0 Å². The van der Waals surface area contributed by atoms with E-state index in [1.807, 2.05) is 38.2 Å². The summed E-state index contributed by atoms with van der Waals surface area (Å²) >= 11 is 0. The Kier molecular flexibility index (Phi) is 6.49. The highest BCUT2D eigenvalue weighted by molar-refractivity contribution is 5.78. The highest BCUT2D eigenvalue weighted by Gasteiger charge is 2.31. The monoisotopic (exact) mass is 294 g/mol. The van der Waals surface area contributed by atoms with Crippen molar-refractivity contribution in [2.75, 3.05) is 32.1 Å². The number of nitrogens with zero attached hydrogens (tertiary/aromatic N) is 1. The van der Waals surface area contributed by atoms with Gasteiger partial charge in [0.1, 0.15) is 11.3 Å². The molecule has 1 unspecified atom stereocenters. The van der Waals surface area contributed by atoms with Crippen molar-refractivity contribution >= 4 is 11.7 Å². The van der Waals surface area contributed by atoms with Crippen molar-refractivity contribution < 1.29 is 14.6 Å². The summed E-state index contributed by atoms with van der Waals surface area (Å²) in [6, 6.07) is 7.82. The minimum Gasteiger partial charge on any atom is -0.495 e. The molecule has 5 nitrogen and oxygen atoms in total. The molecule has 1 rings (SSSR count). The van der Waals surface area contributed by atoms with Crippen molar-refractivity contribution in [3.63, 3.8) is 0 Å². The van der Waals surface area contributed by atoms with Crippen LogP contribution in [0, 0.1) is 0 Å². The average Bonchev–Trinajstić information content (AvgIpc) is 2.47. The molecule has 0 aliphatic carbocycles. The van der Waals surface area contributed by atoms with Crippen LogP contribution in [-0.2, 0) is 4.79 Å². The Morgan fingerprint density at radius 2 is 2.10 bits per heavy atom. The van der Waals surface area contributed by atoms with Crippen LogP contribution < -0.4 is 15.0 Å². The summed E-state index contributed by atoms with van der Waals surface area (Å²) in [6.07, 6.45) is 1.36. The number of likely N-dealkylation sites (N-methyl/N-ethyl adjacent to an activating group) is 1. The first-order valence-electron chi connectivity index (χ1n) is 7.27. The van der Waals surface area contributed by atoms with Crippen LogP contribution in [-0.4, -0.2) is 43.9 Å². The fraction of sp³-hybridized carbons (Fsp3) is 0.562. The number of ether oxygens (including phenoxy) is 1. The van der Waals surface area contributed by atoms with Gasteiger partial charge in [-0.3, -0.25) is 4.79 Å².